The van der Waals surface area contributed by atoms with Crippen molar-refractivity contribution in [3.8, 4) is 0 Å². The number of nitrogens with two attached hydrogens (primary N) is 2. The van der Waals surface area contributed by atoms with Gasteiger partial charge in [-0.3, -0.25) is 16.2 Å². The van der Waals surface area contributed by atoms with E-state index in [-0.39, 0.29) is 0 Å². The SMILES string of the molecule is N=P(N)(N)Cl. The molecule has 0 aliphatic rings. The van der Waals surface area contributed by atoms with Crippen molar-refractivity contribution in [2.24, 2.45) is 11.0 Å². The fourth-order valence-corrected chi connectivity index (χ4v) is 0. The molecule has 5 N–H and O–H groups in total. The average molecular weight is 113 g/mol. The van der Waals surface area contributed by atoms with Gasteiger partial charge in [0.15, 0.2) is 6.71 Å². The standard InChI is InChI=1S/ClH5N3P/c1-5(2,3)4/h(H5,2,3,4). The molecule has 0 saturated carbocycles. The topological polar surface area (TPSA) is 75.9 Å². The van der Waals surface area contributed by atoms with Crippen molar-refractivity contribution >= 4 is 17.9 Å². The summed E-state index contributed by atoms with van der Waals surface area (Å²) in [5, 5.41) is 6.37. The van der Waals surface area contributed by atoms with Crippen molar-refractivity contribution in [2.45, 2.75) is 0 Å². The molecule has 5 heavy (non-hydrogen) atoms. The van der Waals surface area contributed by atoms with Gasteiger partial charge in [-0.2, -0.15) is 0 Å². The fourth-order valence-electron chi connectivity index (χ4n) is 0. The highest BCUT2D eigenvalue weighted by molar-refractivity contribution is 7.86. The molecule has 0 amide bonds. The van der Waals surface area contributed by atoms with E-state index in [4.69, 9.17) is 16.4 Å². The summed E-state index contributed by atoms with van der Waals surface area (Å²) in [6, 6.07) is 0. The van der Waals surface area contributed by atoms with Crippen LogP contribution in [0.15, 0.2) is 0 Å². The summed E-state index contributed by atoms with van der Waals surface area (Å²) in [4.78, 5) is 0. The lowest BCUT2D eigenvalue weighted by molar-refractivity contribution is 1.55. The summed E-state index contributed by atoms with van der Waals surface area (Å²) in [7, 11) is 0. The first-order chi connectivity index (χ1) is 2.00. The molecule has 0 aromatic rings. The highest BCUT2D eigenvalue weighted by Crippen LogP contribution is 2.31. The predicted octanol–water partition coefficient (Wildman–Crippen LogP) is 0.668. The molecule has 0 heterocycles. The van der Waals surface area contributed by atoms with E-state index in [2.05, 4.69) is 11.0 Å². The minimum atomic E-state index is -2.67. The van der Waals surface area contributed by atoms with Crippen LogP contribution in [-0.2, 0) is 0 Å². The molecule has 0 rings (SSSR count). The third-order valence-electron chi connectivity index (χ3n) is 0. The van der Waals surface area contributed by atoms with Gasteiger partial charge in [-0.15, -0.1) is 0 Å². The van der Waals surface area contributed by atoms with E-state index >= 15 is 0 Å². The minimum absolute atomic E-state index is 2.67. The van der Waals surface area contributed by atoms with E-state index in [1.54, 1.807) is 0 Å². The van der Waals surface area contributed by atoms with Crippen LogP contribution in [0.3, 0.4) is 0 Å². The van der Waals surface area contributed by atoms with Gasteiger partial charge in [0.2, 0.25) is 0 Å². The maximum absolute atomic E-state index is 6.37. The van der Waals surface area contributed by atoms with Crippen molar-refractivity contribution in [1.82, 2.24) is 0 Å². The van der Waals surface area contributed by atoms with Crippen LogP contribution in [0, 0.1) is 5.16 Å². The quantitative estimate of drug-likeness (QED) is 0.404. The lowest BCUT2D eigenvalue weighted by Crippen LogP contribution is -1.94. The fraction of sp³-hybridized carbons (Fsp3) is 0. The van der Waals surface area contributed by atoms with Crippen LogP contribution in [0.1, 0.15) is 0 Å². The highest BCUT2D eigenvalue weighted by Gasteiger charge is 1.87. The maximum Gasteiger partial charge on any atom is 0.173 e. The molecular weight excluding hydrogens is 108 g/mol. The van der Waals surface area contributed by atoms with E-state index in [9.17, 15) is 0 Å². The Morgan fingerprint density at radius 1 is 1.60 bits per heavy atom. The van der Waals surface area contributed by atoms with Gasteiger partial charge in [0, 0.05) is 0 Å². The second-order valence-electron chi connectivity index (χ2n) is 0.687. The Labute approximate surface area is 35.0 Å². The van der Waals surface area contributed by atoms with E-state index in [0.29, 0.717) is 0 Å². The zero-order valence-electron chi connectivity index (χ0n) is 2.48. The molecule has 0 aromatic carbocycles. The molecular formula is H5ClN3P. The van der Waals surface area contributed by atoms with Crippen molar-refractivity contribution in [1.29, 1.82) is 5.16 Å². The minimum Gasteiger partial charge on any atom is -0.277 e. The lowest BCUT2D eigenvalue weighted by atomic mass is 13.9. The zero-order valence-corrected chi connectivity index (χ0v) is 4.13. The van der Waals surface area contributed by atoms with Gasteiger partial charge in [0.05, 0.1) is 0 Å². The number of rotatable bonds is 0. The Bertz CT molecular complexity index is 53.0. The van der Waals surface area contributed by atoms with Gasteiger partial charge in [-0.1, -0.05) is 0 Å². The van der Waals surface area contributed by atoms with Gasteiger partial charge in [-0.05, 0) is 11.2 Å². The number of hydrogen-bond acceptors (Lipinski definition) is 1. The molecule has 5 heteroatoms. The first-order valence-corrected chi connectivity index (χ1v) is 3.74. The average Bonchev–Trinajstić information content (AvgIpc) is 0.722. The second-order valence-corrected chi connectivity index (χ2v) is 3.74. The summed E-state index contributed by atoms with van der Waals surface area (Å²) in [5.41, 5.74) is 9.35. The third kappa shape index (κ3) is 137. The van der Waals surface area contributed by atoms with Crippen LogP contribution in [0.4, 0.5) is 0 Å². The largest absolute Gasteiger partial charge is 0.277 e. The molecule has 0 spiro atoms. The Hall–Kier alpha value is 0.440. The van der Waals surface area contributed by atoms with E-state index in [0.717, 1.165) is 0 Å². The molecule has 0 radical (unpaired) electrons. The lowest BCUT2D eigenvalue weighted by Gasteiger charge is -1.90. The summed E-state index contributed by atoms with van der Waals surface area (Å²) >= 11 is 4.86. The van der Waals surface area contributed by atoms with Crippen molar-refractivity contribution < 1.29 is 0 Å². The highest BCUT2D eigenvalue weighted by atomic mass is 35.7. The number of hydrogen-bond donors (Lipinski definition) is 3. The van der Waals surface area contributed by atoms with Gasteiger partial charge >= 0.3 is 0 Å². The summed E-state index contributed by atoms with van der Waals surface area (Å²) in [6.07, 6.45) is 0. The predicted molar refractivity (Wildman–Crippen MR) is 23.9 cm³/mol. The molecule has 32 valence electrons. The van der Waals surface area contributed by atoms with Gasteiger partial charge in [-0.25, -0.2) is 0 Å². The van der Waals surface area contributed by atoms with Crippen LogP contribution in [0.2, 0.25) is 0 Å². The van der Waals surface area contributed by atoms with Crippen LogP contribution >= 0.6 is 17.9 Å². The van der Waals surface area contributed by atoms with Crippen LogP contribution in [-0.4, -0.2) is 0 Å². The molecule has 0 atom stereocenters. The molecule has 0 unspecified atom stereocenters. The van der Waals surface area contributed by atoms with E-state index in [1.807, 2.05) is 0 Å². The summed E-state index contributed by atoms with van der Waals surface area (Å²) in [5.74, 6) is 0. The van der Waals surface area contributed by atoms with Crippen LogP contribution in [0.25, 0.3) is 0 Å². The third-order valence-corrected chi connectivity index (χ3v) is 0. The maximum atomic E-state index is 6.37. The smallest absolute Gasteiger partial charge is 0.173 e. The van der Waals surface area contributed by atoms with Gasteiger partial charge in [0.25, 0.3) is 0 Å². The monoisotopic (exact) mass is 113 g/mol. The first kappa shape index (κ1) is 5.44. The molecule has 0 fully saturated rings. The Kier molecular flexibility index (Phi) is 1.38. The Morgan fingerprint density at radius 2 is 1.60 bits per heavy atom. The molecule has 0 aliphatic heterocycles. The molecule has 3 nitrogen and oxygen atoms in total. The first-order valence-electron chi connectivity index (χ1n) is 0.909. The van der Waals surface area contributed by atoms with Crippen molar-refractivity contribution in [3.05, 3.63) is 0 Å². The second kappa shape index (κ2) is 1.27. The molecule has 0 bridgehead atoms. The van der Waals surface area contributed by atoms with Crippen LogP contribution in [0.5, 0.6) is 0 Å². The van der Waals surface area contributed by atoms with Crippen molar-refractivity contribution in [2.75, 3.05) is 0 Å². The van der Waals surface area contributed by atoms with Gasteiger partial charge < -0.3 is 0 Å². The number of halogens is 1. The zero-order chi connectivity index (χ0) is 4.50. The Morgan fingerprint density at radius 3 is 1.60 bits per heavy atom. The van der Waals surface area contributed by atoms with Crippen LogP contribution < -0.4 is 11.0 Å². The molecule has 0 saturated heterocycles. The Balaban J connectivity index is 3.47. The molecule has 0 aromatic heterocycles. The molecule has 0 aliphatic carbocycles. The van der Waals surface area contributed by atoms with E-state index < -0.39 is 6.71 Å². The van der Waals surface area contributed by atoms with E-state index in [1.165, 1.54) is 0 Å². The summed E-state index contributed by atoms with van der Waals surface area (Å²) < 4.78 is 0. The van der Waals surface area contributed by atoms with Gasteiger partial charge in [0.1, 0.15) is 0 Å². The van der Waals surface area contributed by atoms with Crippen molar-refractivity contribution in [3.63, 3.8) is 0 Å². The normalized spacial score (nSPS) is 11.8. The summed E-state index contributed by atoms with van der Waals surface area (Å²) in [6.45, 7) is -2.67. The number of nitrogens with one attached hydrogen (secondary N) is 1.